The highest BCUT2D eigenvalue weighted by atomic mass is 16.3. The molecule has 64 valence electrons. The summed E-state index contributed by atoms with van der Waals surface area (Å²) in [5.74, 6) is 0. The lowest BCUT2D eigenvalue weighted by atomic mass is 10.1. The number of aliphatic hydroxyl groups is 1. The minimum Gasteiger partial charge on any atom is -0.388 e. The van der Waals surface area contributed by atoms with Crippen LogP contribution in [0.5, 0.6) is 0 Å². The van der Waals surface area contributed by atoms with E-state index in [2.05, 4.69) is 11.6 Å². The maximum absolute atomic E-state index is 9.53. The molecule has 0 aromatic carbocycles. The summed E-state index contributed by atoms with van der Waals surface area (Å²) in [5, 5.41) is 9.53. The Labute approximate surface area is 72.6 Å². The first-order chi connectivity index (χ1) is 5.74. The van der Waals surface area contributed by atoms with Crippen LogP contribution in [0.15, 0.2) is 31.1 Å². The van der Waals surface area contributed by atoms with Crippen LogP contribution < -0.4 is 0 Å². The summed E-state index contributed by atoms with van der Waals surface area (Å²) >= 11 is 0. The fourth-order valence-corrected chi connectivity index (χ4v) is 1.05. The molecule has 2 nitrogen and oxygen atoms in total. The first kappa shape index (κ1) is 8.94. The van der Waals surface area contributed by atoms with Gasteiger partial charge in [0.25, 0.3) is 0 Å². The van der Waals surface area contributed by atoms with Gasteiger partial charge < -0.3 is 5.11 Å². The molecule has 0 aliphatic heterocycles. The molecule has 1 atom stereocenters. The molecule has 0 saturated carbocycles. The number of hydrogen-bond acceptors (Lipinski definition) is 2. The summed E-state index contributed by atoms with van der Waals surface area (Å²) in [6.45, 7) is 5.52. The fraction of sp³-hybridized carbons (Fsp3) is 0.300. The van der Waals surface area contributed by atoms with Crippen LogP contribution in [0.3, 0.4) is 0 Å². The standard InChI is InChI=1S/C10H13NO/c1-3-4-10(12)9-5-8(2)6-11-7-9/h3,5-7,10,12H,1,4H2,2H3. The van der Waals surface area contributed by atoms with Gasteiger partial charge in [-0.15, -0.1) is 6.58 Å². The van der Waals surface area contributed by atoms with Crippen LogP contribution in [0.2, 0.25) is 0 Å². The zero-order valence-corrected chi connectivity index (χ0v) is 7.20. The molecule has 2 heteroatoms. The van der Waals surface area contributed by atoms with E-state index in [1.54, 1.807) is 18.5 Å². The monoisotopic (exact) mass is 163 g/mol. The molecule has 1 rings (SSSR count). The van der Waals surface area contributed by atoms with E-state index in [1.807, 2.05) is 13.0 Å². The number of hydrogen-bond donors (Lipinski definition) is 1. The van der Waals surface area contributed by atoms with Gasteiger partial charge in [-0.05, 0) is 24.5 Å². The minimum atomic E-state index is -0.463. The molecular formula is C10H13NO. The van der Waals surface area contributed by atoms with Gasteiger partial charge in [-0.25, -0.2) is 0 Å². The summed E-state index contributed by atoms with van der Waals surface area (Å²) in [4.78, 5) is 3.99. The molecular weight excluding hydrogens is 150 g/mol. The van der Waals surface area contributed by atoms with E-state index in [-0.39, 0.29) is 0 Å². The smallest absolute Gasteiger partial charge is 0.0839 e. The highest BCUT2D eigenvalue weighted by molar-refractivity contribution is 5.19. The van der Waals surface area contributed by atoms with Crippen molar-refractivity contribution >= 4 is 0 Å². The summed E-state index contributed by atoms with van der Waals surface area (Å²) in [6.07, 6.45) is 5.26. The van der Waals surface area contributed by atoms with Crippen LogP contribution in [-0.2, 0) is 0 Å². The molecule has 1 aromatic rings. The van der Waals surface area contributed by atoms with E-state index in [0.717, 1.165) is 11.1 Å². The van der Waals surface area contributed by atoms with Gasteiger partial charge in [-0.2, -0.15) is 0 Å². The van der Waals surface area contributed by atoms with Gasteiger partial charge in [0.05, 0.1) is 6.10 Å². The van der Waals surface area contributed by atoms with Crippen molar-refractivity contribution in [3.63, 3.8) is 0 Å². The van der Waals surface area contributed by atoms with Crippen molar-refractivity contribution in [2.24, 2.45) is 0 Å². The van der Waals surface area contributed by atoms with Crippen molar-refractivity contribution in [3.8, 4) is 0 Å². The molecule has 0 radical (unpaired) electrons. The topological polar surface area (TPSA) is 33.1 Å². The molecule has 1 unspecified atom stereocenters. The number of aryl methyl sites for hydroxylation is 1. The summed E-state index contributed by atoms with van der Waals surface area (Å²) < 4.78 is 0. The third kappa shape index (κ3) is 2.17. The van der Waals surface area contributed by atoms with Gasteiger partial charge in [0.1, 0.15) is 0 Å². The van der Waals surface area contributed by atoms with Gasteiger partial charge in [-0.1, -0.05) is 12.1 Å². The number of pyridine rings is 1. The molecule has 1 aromatic heterocycles. The maximum atomic E-state index is 9.53. The zero-order valence-electron chi connectivity index (χ0n) is 7.20. The largest absolute Gasteiger partial charge is 0.388 e. The molecule has 1 N–H and O–H groups in total. The van der Waals surface area contributed by atoms with E-state index < -0.39 is 6.10 Å². The number of aliphatic hydroxyl groups excluding tert-OH is 1. The number of nitrogens with zero attached hydrogens (tertiary/aromatic N) is 1. The Kier molecular flexibility index (Phi) is 3.00. The predicted molar refractivity (Wildman–Crippen MR) is 48.7 cm³/mol. The Morgan fingerprint density at radius 1 is 1.67 bits per heavy atom. The molecule has 0 aliphatic carbocycles. The van der Waals surface area contributed by atoms with Gasteiger partial charge in [0.2, 0.25) is 0 Å². The lowest BCUT2D eigenvalue weighted by Crippen LogP contribution is -1.96. The first-order valence-corrected chi connectivity index (χ1v) is 3.94. The van der Waals surface area contributed by atoms with Gasteiger partial charge >= 0.3 is 0 Å². The van der Waals surface area contributed by atoms with Crippen molar-refractivity contribution in [2.75, 3.05) is 0 Å². The van der Waals surface area contributed by atoms with Crippen LogP contribution in [0.1, 0.15) is 23.7 Å². The second kappa shape index (κ2) is 4.02. The summed E-state index contributed by atoms with van der Waals surface area (Å²) in [7, 11) is 0. The Morgan fingerprint density at radius 2 is 2.42 bits per heavy atom. The third-order valence-corrected chi connectivity index (χ3v) is 1.67. The molecule has 0 bridgehead atoms. The van der Waals surface area contributed by atoms with E-state index >= 15 is 0 Å². The number of aromatic nitrogens is 1. The molecule has 0 amide bonds. The minimum absolute atomic E-state index is 0.463. The van der Waals surface area contributed by atoms with E-state index in [0.29, 0.717) is 6.42 Å². The average molecular weight is 163 g/mol. The van der Waals surface area contributed by atoms with Crippen molar-refractivity contribution < 1.29 is 5.11 Å². The van der Waals surface area contributed by atoms with Crippen LogP contribution in [0, 0.1) is 6.92 Å². The SMILES string of the molecule is C=CCC(O)c1cncc(C)c1. The lowest BCUT2D eigenvalue weighted by Gasteiger charge is -2.07. The van der Waals surface area contributed by atoms with Crippen molar-refractivity contribution in [1.29, 1.82) is 0 Å². The van der Waals surface area contributed by atoms with E-state index in [1.165, 1.54) is 0 Å². The summed E-state index contributed by atoms with van der Waals surface area (Å²) in [5.41, 5.74) is 1.92. The van der Waals surface area contributed by atoms with Crippen molar-refractivity contribution in [2.45, 2.75) is 19.4 Å². The lowest BCUT2D eigenvalue weighted by molar-refractivity contribution is 0.181. The Bertz CT molecular complexity index is 270. The van der Waals surface area contributed by atoms with Gasteiger partial charge in [-0.3, -0.25) is 4.98 Å². The molecule has 1 heterocycles. The quantitative estimate of drug-likeness (QED) is 0.691. The Balaban J connectivity index is 2.80. The predicted octanol–water partition coefficient (Wildman–Crippen LogP) is 2.00. The van der Waals surface area contributed by atoms with Crippen LogP contribution in [0.4, 0.5) is 0 Å². The van der Waals surface area contributed by atoms with E-state index in [4.69, 9.17) is 0 Å². The van der Waals surface area contributed by atoms with Crippen LogP contribution in [0.25, 0.3) is 0 Å². The molecule has 0 saturated heterocycles. The van der Waals surface area contributed by atoms with Gasteiger partial charge in [0.15, 0.2) is 0 Å². The molecule has 0 fully saturated rings. The average Bonchev–Trinajstić information content (AvgIpc) is 2.05. The Morgan fingerprint density at radius 3 is 3.00 bits per heavy atom. The number of rotatable bonds is 3. The second-order valence-corrected chi connectivity index (χ2v) is 2.84. The highest BCUT2D eigenvalue weighted by Crippen LogP contribution is 2.16. The van der Waals surface area contributed by atoms with Crippen LogP contribution >= 0.6 is 0 Å². The van der Waals surface area contributed by atoms with E-state index in [9.17, 15) is 5.11 Å². The molecule has 0 aliphatic rings. The molecule has 12 heavy (non-hydrogen) atoms. The highest BCUT2D eigenvalue weighted by Gasteiger charge is 2.04. The maximum Gasteiger partial charge on any atom is 0.0839 e. The first-order valence-electron chi connectivity index (χ1n) is 3.94. The molecule has 0 spiro atoms. The summed E-state index contributed by atoms with van der Waals surface area (Å²) in [6, 6.07) is 1.93. The zero-order chi connectivity index (χ0) is 8.97. The third-order valence-electron chi connectivity index (χ3n) is 1.67. The second-order valence-electron chi connectivity index (χ2n) is 2.84. The van der Waals surface area contributed by atoms with Crippen LogP contribution in [-0.4, -0.2) is 10.1 Å². The Hall–Kier alpha value is -1.15. The normalized spacial score (nSPS) is 12.5. The van der Waals surface area contributed by atoms with Gasteiger partial charge in [0, 0.05) is 12.4 Å². The van der Waals surface area contributed by atoms with Crippen molar-refractivity contribution in [1.82, 2.24) is 4.98 Å². The fourth-order valence-electron chi connectivity index (χ4n) is 1.05. The van der Waals surface area contributed by atoms with Crippen molar-refractivity contribution in [3.05, 3.63) is 42.2 Å².